The van der Waals surface area contributed by atoms with Gasteiger partial charge in [-0.1, -0.05) is 6.92 Å². The largest absolute Gasteiger partial charge is 0.394 e. The summed E-state index contributed by atoms with van der Waals surface area (Å²) in [7, 11) is 0. The first-order valence-electron chi connectivity index (χ1n) is 5.05. The zero-order valence-electron chi connectivity index (χ0n) is 8.45. The Morgan fingerprint density at radius 1 is 1.71 bits per heavy atom. The van der Waals surface area contributed by atoms with Crippen LogP contribution in [0, 0.1) is 0 Å². The van der Waals surface area contributed by atoms with Gasteiger partial charge in [-0.2, -0.15) is 0 Å². The first-order chi connectivity index (χ1) is 6.76. The van der Waals surface area contributed by atoms with Crippen LogP contribution >= 0.6 is 0 Å². The Kier molecular flexibility index (Phi) is 4.69. The van der Waals surface area contributed by atoms with E-state index in [9.17, 15) is 4.79 Å². The highest BCUT2D eigenvalue weighted by Crippen LogP contribution is 2.08. The lowest BCUT2D eigenvalue weighted by atomic mass is 10.2. The van der Waals surface area contributed by atoms with Crippen molar-refractivity contribution >= 4 is 6.03 Å². The van der Waals surface area contributed by atoms with Crippen molar-refractivity contribution < 1.29 is 14.6 Å². The molecule has 0 aromatic heterocycles. The van der Waals surface area contributed by atoms with Gasteiger partial charge in [0.05, 0.1) is 12.6 Å². The second kappa shape index (κ2) is 5.82. The Hall–Kier alpha value is -0.810. The SMILES string of the molecule is CCC(CO)NC(=O)NC1CCCO1. The third kappa shape index (κ3) is 3.51. The molecule has 2 unspecified atom stereocenters. The van der Waals surface area contributed by atoms with E-state index in [1.54, 1.807) is 0 Å². The molecule has 5 heteroatoms. The van der Waals surface area contributed by atoms with Gasteiger partial charge in [-0.25, -0.2) is 4.79 Å². The van der Waals surface area contributed by atoms with Gasteiger partial charge < -0.3 is 20.5 Å². The van der Waals surface area contributed by atoms with E-state index in [1.807, 2.05) is 6.92 Å². The fraction of sp³-hybridized carbons (Fsp3) is 0.889. The molecule has 0 spiro atoms. The summed E-state index contributed by atoms with van der Waals surface area (Å²) in [6.45, 7) is 2.59. The minimum absolute atomic E-state index is 0.0323. The standard InChI is InChI=1S/C9H18N2O3/c1-2-7(6-12)10-9(13)11-8-4-3-5-14-8/h7-8,12H,2-6H2,1H3,(H2,10,11,13). The van der Waals surface area contributed by atoms with Crippen molar-refractivity contribution in [3.63, 3.8) is 0 Å². The van der Waals surface area contributed by atoms with Crippen LogP contribution in [-0.2, 0) is 4.74 Å². The Labute approximate surface area is 83.8 Å². The van der Waals surface area contributed by atoms with Gasteiger partial charge in [0.2, 0.25) is 0 Å². The van der Waals surface area contributed by atoms with Gasteiger partial charge in [-0.3, -0.25) is 0 Å². The molecule has 0 saturated carbocycles. The molecule has 1 saturated heterocycles. The molecule has 1 aliphatic heterocycles. The van der Waals surface area contributed by atoms with E-state index >= 15 is 0 Å². The molecule has 2 amide bonds. The van der Waals surface area contributed by atoms with Gasteiger partial charge in [0.25, 0.3) is 0 Å². The smallest absolute Gasteiger partial charge is 0.317 e. The molecule has 2 atom stereocenters. The molecule has 5 nitrogen and oxygen atoms in total. The predicted molar refractivity (Wildman–Crippen MR) is 51.8 cm³/mol. The minimum Gasteiger partial charge on any atom is -0.394 e. The molecule has 0 aromatic rings. The van der Waals surface area contributed by atoms with Gasteiger partial charge in [0.15, 0.2) is 0 Å². The number of rotatable bonds is 4. The molecule has 0 aliphatic carbocycles. The molecular formula is C9H18N2O3. The molecule has 0 radical (unpaired) electrons. The maximum Gasteiger partial charge on any atom is 0.317 e. The highest BCUT2D eigenvalue weighted by molar-refractivity contribution is 5.74. The second-order valence-electron chi connectivity index (χ2n) is 3.41. The number of amides is 2. The van der Waals surface area contributed by atoms with Crippen molar-refractivity contribution in [3.05, 3.63) is 0 Å². The fourth-order valence-corrected chi connectivity index (χ4v) is 1.34. The van der Waals surface area contributed by atoms with Crippen molar-refractivity contribution in [2.45, 2.75) is 38.5 Å². The minimum atomic E-state index is -0.266. The Bertz CT molecular complexity index is 171. The van der Waals surface area contributed by atoms with Gasteiger partial charge in [-0.15, -0.1) is 0 Å². The molecular weight excluding hydrogens is 184 g/mol. The van der Waals surface area contributed by atoms with Crippen LogP contribution in [0.15, 0.2) is 0 Å². The van der Waals surface area contributed by atoms with E-state index < -0.39 is 0 Å². The lowest BCUT2D eigenvalue weighted by Crippen LogP contribution is -2.47. The number of aliphatic hydroxyl groups is 1. The summed E-state index contributed by atoms with van der Waals surface area (Å²) in [4.78, 5) is 11.3. The van der Waals surface area contributed by atoms with Crippen LogP contribution in [0.1, 0.15) is 26.2 Å². The summed E-state index contributed by atoms with van der Waals surface area (Å²) < 4.78 is 5.24. The Morgan fingerprint density at radius 3 is 3.00 bits per heavy atom. The van der Waals surface area contributed by atoms with Gasteiger partial charge in [0, 0.05) is 6.61 Å². The first-order valence-corrected chi connectivity index (χ1v) is 5.05. The highest BCUT2D eigenvalue weighted by Gasteiger charge is 2.18. The quantitative estimate of drug-likeness (QED) is 0.609. The number of urea groups is 1. The summed E-state index contributed by atoms with van der Waals surface area (Å²) >= 11 is 0. The van der Waals surface area contributed by atoms with Crippen molar-refractivity contribution in [1.29, 1.82) is 0 Å². The monoisotopic (exact) mass is 202 g/mol. The number of aliphatic hydroxyl groups excluding tert-OH is 1. The van der Waals surface area contributed by atoms with Crippen LogP contribution in [0.5, 0.6) is 0 Å². The van der Waals surface area contributed by atoms with E-state index in [0.29, 0.717) is 6.61 Å². The second-order valence-corrected chi connectivity index (χ2v) is 3.41. The van der Waals surface area contributed by atoms with E-state index in [4.69, 9.17) is 9.84 Å². The molecule has 0 aromatic carbocycles. The van der Waals surface area contributed by atoms with E-state index in [0.717, 1.165) is 19.3 Å². The van der Waals surface area contributed by atoms with Crippen molar-refractivity contribution in [2.24, 2.45) is 0 Å². The summed E-state index contributed by atoms with van der Waals surface area (Å²) in [5, 5.41) is 14.2. The van der Waals surface area contributed by atoms with Crippen LogP contribution in [0.4, 0.5) is 4.79 Å². The average Bonchev–Trinajstić information content (AvgIpc) is 2.66. The fourth-order valence-electron chi connectivity index (χ4n) is 1.34. The maximum atomic E-state index is 11.3. The lowest BCUT2D eigenvalue weighted by Gasteiger charge is -2.17. The van der Waals surface area contributed by atoms with Crippen LogP contribution in [0.25, 0.3) is 0 Å². The molecule has 1 aliphatic rings. The molecule has 82 valence electrons. The van der Waals surface area contributed by atoms with Crippen LogP contribution in [0.2, 0.25) is 0 Å². The number of hydrogen-bond donors (Lipinski definition) is 3. The van der Waals surface area contributed by atoms with Crippen LogP contribution in [0.3, 0.4) is 0 Å². The number of ether oxygens (including phenoxy) is 1. The average molecular weight is 202 g/mol. The summed E-state index contributed by atoms with van der Waals surface area (Å²) in [6, 6.07) is -0.436. The summed E-state index contributed by atoms with van der Waals surface area (Å²) in [5.74, 6) is 0. The van der Waals surface area contributed by atoms with Crippen molar-refractivity contribution in [2.75, 3.05) is 13.2 Å². The summed E-state index contributed by atoms with van der Waals surface area (Å²) in [5.41, 5.74) is 0. The van der Waals surface area contributed by atoms with E-state index in [1.165, 1.54) is 0 Å². The number of carbonyl (C=O) groups excluding carboxylic acids is 1. The molecule has 1 rings (SSSR count). The Morgan fingerprint density at radius 2 is 2.50 bits per heavy atom. The molecule has 0 bridgehead atoms. The number of hydrogen-bond acceptors (Lipinski definition) is 3. The number of carbonyl (C=O) groups is 1. The molecule has 1 heterocycles. The third-order valence-electron chi connectivity index (χ3n) is 2.27. The first kappa shape index (κ1) is 11.3. The highest BCUT2D eigenvalue weighted by atomic mass is 16.5. The lowest BCUT2D eigenvalue weighted by molar-refractivity contribution is 0.0895. The van der Waals surface area contributed by atoms with Crippen LogP contribution in [-0.4, -0.2) is 36.6 Å². The zero-order chi connectivity index (χ0) is 10.4. The van der Waals surface area contributed by atoms with E-state index in [-0.39, 0.29) is 24.9 Å². The van der Waals surface area contributed by atoms with Crippen LogP contribution < -0.4 is 10.6 Å². The third-order valence-corrected chi connectivity index (χ3v) is 2.27. The summed E-state index contributed by atoms with van der Waals surface area (Å²) in [6.07, 6.45) is 2.41. The Balaban J connectivity index is 2.20. The topological polar surface area (TPSA) is 70.6 Å². The molecule has 1 fully saturated rings. The molecule has 3 N–H and O–H groups in total. The maximum absolute atomic E-state index is 11.3. The number of nitrogens with one attached hydrogen (secondary N) is 2. The van der Waals surface area contributed by atoms with E-state index in [2.05, 4.69) is 10.6 Å². The predicted octanol–water partition coefficient (Wildman–Crippen LogP) is 0.193. The molecule has 14 heavy (non-hydrogen) atoms. The van der Waals surface area contributed by atoms with Gasteiger partial charge >= 0.3 is 6.03 Å². The zero-order valence-corrected chi connectivity index (χ0v) is 8.45. The normalized spacial score (nSPS) is 23.1. The van der Waals surface area contributed by atoms with Crippen molar-refractivity contribution in [3.8, 4) is 0 Å². The van der Waals surface area contributed by atoms with Crippen molar-refractivity contribution in [1.82, 2.24) is 10.6 Å². The van der Waals surface area contributed by atoms with Gasteiger partial charge in [-0.05, 0) is 19.3 Å². The van der Waals surface area contributed by atoms with Gasteiger partial charge in [0.1, 0.15) is 6.23 Å².